The Balaban J connectivity index is 2.42. The molecule has 0 saturated carbocycles. The summed E-state index contributed by atoms with van der Waals surface area (Å²) >= 11 is 0. The summed E-state index contributed by atoms with van der Waals surface area (Å²) in [5, 5.41) is 0. The average molecular weight is 276 g/mol. The number of fused-ring (bicyclic) bond motifs is 1. The van der Waals surface area contributed by atoms with Gasteiger partial charge < -0.3 is 15.4 Å². The second-order valence-electron chi connectivity index (χ2n) is 5.84. The summed E-state index contributed by atoms with van der Waals surface area (Å²) in [6.07, 6.45) is 0.445. The smallest absolute Gasteiger partial charge is 0.267 e. The van der Waals surface area contributed by atoms with Crippen molar-refractivity contribution in [3.63, 3.8) is 0 Å². The second-order valence-corrected chi connectivity index (χ2v) is 5.84. The third-order valence-corrected chi connectivity index (χ3v) is 3.61. The Morgan fingerprint density at radius 2 is 2.10 bits per heavy atom. The predicted molar refractivity (Wildman–Crippen MR) is 80.9 cm³/mol. The van der Waals surface area contributed by atoms with Crippen LogP contribution in [0.25, 0.3) is 0 Å². The summed E-state index contributed by atoms with van der Waals surface area (Å²) < 4.78 is 5.69. The van der Waals surface area contributed by atoms with Gasteiger partial charge in [-0.25, -0.2) is 0 Å². The maximum atomic E-state index is 12.3. The van der Waals surface area contributed by atoms with E-state index in [2.05, 4.69) is 20.8 Å². The van der Waals surface area contributed by atoms with Gasteiger partial charge in [-0.2, -0.15) is 0 Å². The molecule has 20 heavy (non-hydrogen) atoms. The van der Waals surface area contributed by atoms with E-state index in [1.54, 1.807) is 6.92 Å². The lowest BCUT2D eigenvalue weighted by Gasteiger charge is -2.34. The van der Waals surface area contributed by atoms with E-state index in [0.717, 1.165) is 23.4 Å². The third-order valence-electron chi connectivity index (χ3n) is 3.61. The van der Waals surface area contributed by atoms with E-state index < -0.39 is 6.10 Å². The van der Waals surface area contributed by atoms with E-state index in [-0.39, 0.29) is 11.9 Å². The Labute approximate surface area is 120 Å². The molecule has 110 valence electrons. The van der Waals surface area contributed by atoms with E-state index in [1.807, 2.05) is 23.1 Å². The molecule has 0 bridgehead atoms. The molecule has 0 radical (unpaired) electrons. The Kier molecular flexibility index (Phi) is 4.33. The summed E-state index contributed by atoms with van der Waals surface area (Å²) in [6, 6.07) is 5.91. The first-order chi connectivity index (χ1) is 9.43. The molecule has 1 heterocycles. The molecule has 2 atom stereocenters. The van der Waals surface area contributed by atoms with Crippen molar-refractivity contribution in [2.75, 3.05) is 11.4 Å². The van der Waals surface area contributed by atoms with Crippen LogP contribution in [0.1, 0.15) is 45.7 Å². The van der Waals surface area contributed by atoms with Crippen molar-refractivity contribution in [3.8, 4) is 5.75 Å². The highest BCUT2D eigenvalue weighted by molar-refractivity contribution is 5.99. The summed E-state index contributed by atoms with van der Waals surface area (Å²) in [7, 11) is 0. The van der Waals surface area contributed by atoms with Crippen molar-refractivity contribution in [1.29, 1.82) is 0 Å². The normalized spacial score (nSPS) is 19.8. The molecular formula is C16H24N2O2. The zero-order chi connectivity index (χ0) is 14.9. The average Bonchev–Trinajstić information content (AvgIpc) is 2.42. The number of amides is 1. The Hall–Kier alpha value is -1.55. The molecule has 0 spiro atoms. The van der Waals surface area contributed by atoms with E-state index >= 15 is 0 Å². The van der Waals surface area contributed by atoms with Gasteiger partial charge in [0, 0.05) is 12.6 Å². The molecule has 1 aromatic rings. The molecule has 1 aliphatic rings. The molecule has 1 aromatic carbocycles. The van der Waals surface area contributed by atoms with Crippen LogP contribution < -0.4 is 15.4 Å². The highest BCUT2D eigenvalue weighted by Gasteiger charge is 2.32. The van der Waals surface area contributed by atoms with Crippen LogP contribution in [-0.4, -0.2) is 18.6 Å². The maximum Gasteiger partial charge on any atom is 0.267 e. The van der Waals surface area contributed by atoms with Crippen molar-refractivity contribution in [2.24, 2.45) is 11.7 Å². The Morgan fingerprint density at radius 3 is 2.70 bits per heavy atom. The fraction of sp³-hybridized carbons (Fsp3) is 0.562. The van der Waals surface area contributed by atoms with Gasteiger partial charge in [0.05, 0.1) is 5.69 Å². The summed E-state index contributed by atoms with van der Waals surface area (Å²) in [5.41, 5.74) is 7.99. The van der Waals surface area contributed by atoms with Crippen molar-refractivity contribution in [3.05, 3.63) is 23.8 Å². The number of carbonyl (C=O) groups excluding carboxylic acids is 1. The molecule has 2 rings (SSSR count). The van der Waals surface area contributed by atoms with E-state index in [0.29, 0.717) is 12.5 Å². The van der Waals surface area contributed by atoms with Crippen LogP contribution in [0.2, 0.25) is 0 Å². The highest BCUT2D eigenvalue weighted by Crippen LogP contribution is 2.36. The van der Waals surface area contributed by atoms with Gasteiger partial charge in [0.1, 0.15) is 5.75 Å². The molecule has 2 N–H and O–H groups in total. The number of carbonyl (C=O) groups is 1. The van der Waals surface area contributed by atoms with Gasteiger partial charge in [0.15, 0.2) is 6.10 Å². The van der Waals surface area contributed by atoms with Gasteiger partial charge in [-0.3, -0.25) is 4.79 Å². The van der Waals surface area contributed by atoms with Crippen LogP contribution in [-0.2, 0) is 4.79 Å². The minimum atomic E-state index is -0.424. The Morgan fingerprint density at radius 1 is 1.40 bits per heavy atom. The molecule has 1 aliphatic heterocycles. The first-order valence-corrected chi connectivity index (χ1v) is 7.31. The van der Waals surface area contributed by atoms with Crippen molar-refractivity contribution >= 4 is 11.6 Å². The van der Waals surface area contributed by atoms with E-state index in [9.17, 15) is 4.79 Å². The molecule has 0 fully saturated rings. The van der Waals surface area contributed by atoms with Crippen LogP contribution in [0.5, 0.6) is 5.75 Å². The second kappa shape index (κ2) is 5.83. The number of nitrogens with zero attached hydrogens (tertiary/aromatic N) is 1. The lowest BCUT2D eigenvalue weighted by atomic mass is 10.0. The van der Waals surface area contributed by atoms with Crippen LogP contribution in [0, 0.1) is 5.92 Å². The predicted octanol–water partition coefficient (Wildman–Crippen LogP) is 2.87. The van der Waals surface area contributed by atoms with Crippen LogP contribution in [0.3, 0.4) is 0 Å². The largest absolute Gasteiger partial charge is 0.479 e. The number of benzene rings is 1. The first kappa shape index (κ1) is 14.9. The van der Waals surface area contributed by atoms with Crippen LogP contribution in [0.4, 0.5) is 5.69 Å². The number of ether oxygens (including phenoxy) is 1. The molecule has 1 amide bonds. The number of rotatable bonds is 4. The van der Waals surface area contributed by atoms with E-state index in [4.69, 9.17) is 10.5 Å². The maximum absolute atomic E-state index is 12.3. The van der Waals surface area contributed by atoms with Crippen molar-refractivity contribution in [2.45, 2.75) is 46.3 Å². The fourth-order valence-electron chi connectivity index (χ4n) is 2.44. The van der Waals surface area contributed by atoms with Crippen LogP contribution >= 0.6 is 0 Å². The summed E-state index contributed by atoms with van der Waals surface area (Å²) in [5.74, 6) is 1.19. The molecule has 0 aliphatic carbocycles. The lowest BCUT2D eigenvalue weighted by Crippen LogP contribution is -2.46. The van der Waals surface area contributed by atoms with Gasteiger partial charge in [-0.15, -0.1) is 0 Å². The van der Waals surface area contributed by atoms with E-state index in [1.165, 1.54) is 0 Å². The molecule has 0 saturated heterocycles. The van der Waals surface area contributed by atoms with Gasteiger partial charge in [-0.05, 0) is 37.0 Å². The van der Waals surface area contributed by atoms with Crippen molar-refractivity contribution in [1.82, 2.24) is 0 Å². The molecule has 2 unspecified atom stereocenters. The molecule has 4 nitrogen and oxygen atoms in total. The number of anilines is 1. The zero-order valence-electron chi connectivity index (χ0n) is 12.7. The Bertz CT molecular complexity index is 499. The third kappa shape index (κ3) is 2.80. The molecule has 4 heteroatoms. The molecular weight excluding hydrogens is 252 g/mol. The molecule has 0 aromatic heterocycles. The summed E-state index contributed by atoms with van der Waals surface area (Å²) in [4.78, 5) is 14.2. The minimum Gasteiger partial charge on any atom is -0.479 e. The first-order valence-electron chi connectivity index (χ1n) is 7.31. The lowest BCUT2D eigenvalue weighted by molar-refractivity contribution is -0.125. The van der Waals surface area contributed by atoms with Gasteiger partial charge >= 0.3 is 0 Å². The number of hydrogen-bond acceptors (Lipinski definition) is 3. The quantitative estimate of drug-likeness (QED) is 0.920. The number of hydrogen-bond donors (Lipinski definition) is 1. The number of nitrogens with two attached hydrogens (primary N) is 1. The van der Waals surface area contributed by atoms with Crippen LogP contribution in [0.15, 0.2) is 18.2 Å². The van der Waals surface area contributed by atoms with Gasteiger partial charge in [0.2, 0.25) is 0 Å². The highest BCUT2D eigenvalue weighted by atomic mass is 16.5. The standard InChI is InChI=1S/C16H24N2O2/c1-5-13(17)12-6-7-15-14(8-12)18(9-10(2)3)16(19)11(4)20-15/h6-8,10-11,13H,5,9,17H2,1-4H3. The monoisotopic (exact) mass is 276 g/mol. The van der Waals surface area contributed by atoms with Crippen molar-refractivity contribution < 1.29 is 9.53 Å². The zero-order valence-corrected chi connectivity index (χ0v) is 12.7. The minimum absolute atomic E-state index is 0.00403. The SMILES string of the molecule is CCC(N)c1ccc2c(c1)N(CC(C)C)C(=O)C(C)O2. The summed E-state index contributed by atoms with van der Waals surface area (Å²) in [6.45, 7) is 8.76. The topological polar surface area (TPSA) is 55.6 Å². The van der Waals surface area contributed by atoms with Gasteiger partial charge in [0.25, 0.3) is 5.91 Å². The fourth-order valence-corrected chi connectivity index (χ4v) is 2.44. The van der Waals surface area contributed by atoms with Gasteiger partial charge in [-0.1, -0.05) is 26.8 Å².